The summed E-state index contributed by atoms with van der Waals surface area (Å²) in [6.07, 6.45) is 2.09. The molecule has 3 unspecified atom stereocenters. The number of nitrogens with one attached hydrogen (secondary N) is 2. The highest BCUT2D eigenvalue weighted by atomic mass is 16.5. The van der Waals surface area contributed by atoms with Gasteiger partial charge in [-0.1, -0.05) is 6.07 Å². The van der Waals surface area contributed by atoms with Crippen LogP contribution in [0.5, 0.6) is 11.5 Å². The van der Waals surface area contributed by atoms with E-state index in [-0.39, 0.29) is 12.0 Å². The molecule has 1 aromatic carbocycles. The molecule has 7 nitrogen and oxygen atoms in total. The summed E-state index contributed by atoms with van der Waals surface area (Å²) in [7, 11) is 3.36. The van der Waals surface area contributed by atoms with Crippen molar-refractivity contribution in [2.24, 2.45) is 11.8 Å². The molecule has 1 amide bonds. The van der Waals surface area contributed by atoms with E-state index in [1.807, 2.05) is 17.0 Å². The Hall–Kier alpha value is -1.83. The second kappa shape index (κ2) is 10.3. The van der Waals surface area contributed by atoms with Crippen LogP contribution in [-0.2, 0) is 4.79 Å². The lowest BCUT2D eigenvalue weighted by Gasteiger charge is -2.36. The van der Waals surface area contributed by atoms with Crippen LogP contribution in [0.2, 0.25) is 0 Å². The van der Waals surface area contributed by atoms with Crippen molar-refractivity contribution in [2.75, 3.05) is 53.5 Å². The lowest BCUT2D eigenvalue weighted by Crippen LogP contribution is -2.46. The molecule has 3 rings (SSSR count). The predicted octanol–water partition coefficient (Wildman–Crippen LogP) is 2.05. The van der Waals surface area contributed by atoms with Gasteiger partial charge in [-0.2, -0.15) is 0 Å². The molecule has 2 aliphatic rings. The van der Waals surface area contributed by atoms with E-state index >= 15 is 0 Å². The van der Waals surface area contributed by atoms with Crippen LogP contribution in [0.1, 0.15) is 38.3 Å². The smallest absolute Gasteiger partial charge is 0.226 e. The molecule has 0 bridgehead atoms. The first-order valence-corrected chi connectivity index (χ1v) is 10.8. The summed E-state index contributed by atoms with van der Waals surface area (Å²) in [4.78, 5) is 17.3. The van der Waals surface area contributed by atoms with Gasteiger partial charge in [0.1, 0.15) is 11.5 Å². The van der Waals surface area contributed by atoms with Gasteiger partial charge in [-0.3, -0.25) is 10.2 Å². The Morgan fingerprint density at radius 3 is 2.72 bits per heavy atom. The number of carbonyl (C=O) groups is 1. The normalized spacial score (nSPS) is 25.0. The molecular weight excluding hydrogens is 368 g/mol. The zero-order valence-corrected chi connectivity index (χ0v) is 18.2. The highest BCUT2D eigenvalue weighted by Gasteiger charge is 2.34. The summed E-state index contributed by atoms with van der Waals surface area (Å²) < 4.78 is 11.0. The number of hydrogen-bond acceptors (Lipinski definition) is 6. The highest BCUT2D eigenvalue weighted by Crippen LogP contribution is 2.35. The second-order valence-electron chi connectivity index (χ2n) is 7.98. The fourth-order valence-corrected chi connectivity index (χ4v) is 4.66. The molecular formula is C22H36N4O3. The average molecular weight is 405 g/mol. The van der Waals surface area contributed by atoms with Crippen molar-refractivity contribution in [3.8, 4) is 11.5 Å². The van der Waals surface area contributed by atoms with Gasteiger partial charge < -0.3 is 19.3 Å². The topological polar surface area (TPSA) is 66.1 Å². The Kier molecular flexibility index (Phi) is 7.75. The summed E-state index contributed by atoms with van der Waals surface area (Å²) >= 11 is 0. The number of amides is 1. The zero-order chi connectivity index (χ0) is 20.8. The minimum atomic E-state index is 0.125. The summed E-state index contributed by atoms with van der Waals surface area (Å²) in [6, 6.07) is 6.16. The fourth-order valence-electron chi connectivity index (χ4n) is 4.66. The Balaban J connectivity index is 1.67. The minimum absolute atomic E-state index is 0.125. The van der Waals surface area contributed by atoms with E-state index in [9.17, 15) is 4.79 Å². The molecule has 0 spiro atoms. The van der Waals surface area contributed by atoms with Crippen molar-refractivity contribution in [3.05, 3.63) is 23.8 Å². The molecule has 3 atom stereocenters. The fraction of sp³-hybridized carbons (Fsp3) is 0.682. The Morgan fingerprint density at radius 2 is 2.03 bits per heavy atom. The number of rotatable bonds is 8. The Bertz CT molecular complexity index is 680. The minimum Gasteiger partial charge on any atom is -0.497 e. The zero-order valence-electron chi connectivity index (χ0n) is 18.2. The summed E-state index contributed by atoms with van der Waals surface area (Å²) in [5, 5.41) is 0. The third-order valence-corrected chi connectivity index (χ3v) is 6.29. The summed E-state index contributed by atoms with van der Waals surface area (Å²) in [5.74, 6) is 2.47. The largest absolute Gasteiger partial charge is 0.497 e. The summed E-state index contributed by atoms with van der Waals surface area (Å²) in [5.41, 5.74) is 7.88. The lowest BCUT2D eigenvalue weighted by atomic mass is 9.91. The molecule has 0 saturated carbocycles. The SMILES string of the molecule is CCN(CC)C(=O)C1CCCN(CC2CNNC2c2ccc(OC)cc2OC)C1. The molecule has 1 aromatic rings. The third kappa shape index (κ3) is 5.02. The van der Waals surface area contributed by atoms with E-state index in [4.69, 9.17) is 9.47 Å². The highest BCUT2D eigenvalue weighted by molar-refractivity contribution is 5.79. The maximum Gasteiger partial charge on any atom is 0.226 e. The number of methoxy groups -OCH3 is 2. The average Bonchev–Trinajstić information content (AvgIpc) is 3.21. The van der Waals surface area contributed by atoms with Gasteiger partial charge in [0.05, 0.1) is 26.2 Å². The standard InChI is InChI=1S/C22H36N4O3/c1-5-26(6-2)22(27)16-8-7-11-25(14-16)15-17-13-23-24-21(17)19-10-9-18(28-3)12-20(19)29-4/h9-10,12,16-17,21,23-24H,5-8,11,13-15H2,1-4H3. The van der Waals surface area contributed by atoms with Crippen LogP contribution in [0.15, 0.2) is 18.2 Å². The predicted molar refractivity (Wildman–Crippen MR) is 114 cm³/mol. The quantitative estimate of drug-likeness (QED) is 0.691. The molecule has 29 heavy (non-hydrogen) atoms. The van der Waals surface area contributed by atoms with E-state index in [1.165, 1.54) is 0 Å². The van der Waals surface area contributed by atoms with Crippen molar-refractivity contribution in [2.45, 2.75) is 32.7 Å². The monoisotopic (exact) mass is 404 g/mol. The van der Waals surface area contributed by atoms with Gasteiger partial charge in [-0.25, -0.2) is 5.43 Å². The first kappa shape index (κ1) is 21.9. The van der Waals surface area contributed by atoms with Gasteiger partial charge in [0.2, 0.25) is 5.91 Å². The molecule has 0 aliphatic carbocycles. The van der Waals surface area contributed by atoms with Crippen molar-refractivity contribution >= 4 is 5.91 Å². The van der Waals surface area contributed by atoms with Crippen LogP contribution in [0, 0.1) is 11.8 Å². The molecule has 0 aromatic heterocycles. The molecule has 162 valence electrons. The molecule has 0 radical (unpaired) electrons. The van der Waals surface area contributed by atoms with Gasteiger partial charge in [0.25, 0.3) is 0 Å². The molecule has 2 N–H and O–H groups in total. The Labute approximate surface area is 174 Å². The van der Waals surface area contributed by atoms with E-state index in [2.05, 4.69) is 35.7 Å². The van der Waals surface area contributed by atoms with Crippen LogP contribution in [0.3, 0.4) is 0 Å². The molecule has 7 heteroatoms. The number of carbonyl (C=O) groups excluding carboxylic acids is 1. The van der Waals surface area contributed by atoms with Gasteiger partial charge >= 0.3 is 0 Å². The maximum absolute atomic E-state index is 12.8. The number of hydrogen-bond donors (Lipinski definition) is 2. The Morgan fingerprint density at radius 1 is 1.24 bits per heavy atom. The van der Waals surface area contributed by atoms with Crippen LogP contribution in [0.25, 0.3) is 0 Å². The van der Waals surface area contributed by atoms with Gasteiger partial charge in [-0.15, -0.1) is 0 Å². The van der Waals surface area contributed by atoms with Crippen molar-refractivity contribution in [3.63, 3.8) is 0 Å². The van der Waals surface area contributed by atoms with E-state index < -0.39 is 0 Å². The second-order valence-corrected chi connectivity index (χ2v) is 7.98. The number of ether oxygens (including phenoxy) is 2. The van der Waals surface area contributed by atoms with Gasteiger partial charge in [0.15, 0.2) is 0 Å². The number of likely N-dealkylation sites (tertiary alicyclic amines) is 1. The van der Waals surface area contributed by atoms with Crippen LogP contribution in [0.4, 0.5) is 0 Å². The molecule has 2 aliphatic heterocycles. The van der Waals surface area contributed by atoms with E-state index in [0.717, 1.165) is 69.2 Å². The lowest BCUT2D eigenvalue weighted by molar-refractivity contribution is -0.137. The van der Waals surface area contributed by atoms with Gasteiger partial charge in [0, 0.05) is 50.3 Å². The van der Waals surface area contributed by atoms with Crippen LogP contribution < -0.4 is 20.3 Å². The van der Waals surface area contributed by atoms with Gasteiger partial charge in [-0.05, 0) is 39.3 Å². The number of hydrazine groups is 1. The maximum atomic E-state index is 12.8. The number of nitrogens with zero attached hydrogens (tertiary/aromatic N) is 2. The van der Waals surface area contributed by atoms with Crippen molar-refractivity contribution < 1.29 is 14.3 Å². The first-order chi connectivity index (χ1) is 14.1. The molecule has 2 fully saturated rings. The first-order valence-electron chi connectivity index (χ1n) is 10.8. The molecule has 2 heterocycles. The van der Waals surface area contributed by atoms with Crippen molar-refractivity contribution in [1.29, 1.82) is 0 Å². The van der Waals surface area contributed by atoms with Crippen LogP contribution >= 0.6 is 0 Å². The van der Waals surface area contributed by atoms with E-state index in [1.54, 1.807) is 14.2 Å². The van der Waals surface area contributed by atoms with Crippen LogP contribution in [-0.4, -0.2) is 69.2 Å². The number of benzene rings is 1. The van der Waals surface area contributed by atoms with E-state index in [0.29, 0.717) is 11.8 Å². The molecule has 2 saturated heterocycles. The number of piperidine rings is 1. The van der Waals surface area contributed by atoms with Crippen molar-refractivity contribution in [1.82, 2.24) is 20.7 Å². The summed E-state index contributed by atoms with van der Waals surface area (Å²) in [6.45, 7) is 9.48. The third-order valence-electron chi connectivity index (χ3n) is 6.29.